The molecular formula is C15H20BrN3O2. The van der Waals surface area contributed by atoms with Gasteiger partial charge < -0.3 is 10.2 Å². The monoisotopic (exact) mass is 353 g/mol. The Labute approximate surface area is 133 Å². The molecular weight excluding hydrogens is 334 g/mol. The first-order chi connectivity index (χ1) is 10.1. The van der Waals surface area contributed by atoms with Crippen LogP contribution in [0.15, 0.2) is 22.7 Å². The number of rotatable bonds is 5. The third kappa shape index (κ3) is 4.82. The van der Waals surface area contributed by atoms with Gasteiger partial charge in [-0.05, 0) is 40.5 Å². The molecule has 0 saturated carbocycles. The summed E-state index contributed by atoms with van der Waals surface area (Å²) >= 11 is 3.45. The van der Waals surface area contributed by atoms with Crippen LogP contribution in [0.1, 0.15) is 12.0 Å². The van der Waals surface area contributed by atoms with Crippen molar-refractivity contribution in [2.75, 3.05) is 38.0 Å². The van der Waals surface area contributed by atoms with Crippen LogP contribution in [0.25, 0.3) is 0 Å². The minimum Gasteiger partial charge on any atom is -0.343 e. The molecule has 1 saturated heterocycles. The van der Waals surface area contributed by atoms with Crippen molar-refractivity contribution in [2.45, 2.75) is 13.3 Å². The Balaban J connectivity index is 1.76. The van der Waals surface area contributed by atoms with Crippen molar-refractivity contribution in [3.05, 3.63) is 28.2 Å². The van der Waals surface area contributed by atoms with Crippen LogP contribution in [0, 0.1) is 6.92 Å². The van der Waals surface area contributed by atoms with E-state index in [1.807, 2.05) is 25.1 Å². The smallest absolute Gasteiger partial charge is 0.225 e. The first-order valence-corrected chi connectivity index (χ1v) is 7.85. The van der Waals surface area contributed by atoms with Crippen molar-refractivity contribution in [2.24, 2.45) is 0 Å². The summed E-state index contributed by atoms with van der Waals surface area (Å²) in [5.41, 5.74) is 1.95. The lowest BCUT2D eigenvalue weighted by Crippen LogP contribution is -2.46. The van der Waals surface area contributed by atoms with Crippen LogP contribution in [0.3, 0.4) is 0 Å². The van der Waals surface area contributed by atoms with Crippen molar-refractivity contribution in [3.63, 3.8) is 0 Å². The van der Waals surface area contributed by atoms with Crippen LogP contribution < -0.4 is 5.32 Å². The number of aryl methyl sites for hydroxylation is 1. The predicted octanol–water partition coefficient (Wildman–Crippen LogP) is 1.86. The number of anilines is 1. The number of carbonyl (C=O) groups is 2. The maximum absolute atomic E-state index is 12.0. The van der Waals surface area contributed by atoms with E-state index in [0.717, 1.165) is 54.9 Å². The molecule has 2 rings (SSSR count). The Morgan fingerprint density at radius 3 is 2.67 bits per heavy atom. The van der Waals surface area contributed by atoms with E-state index in [9.17, 15) is 9.59 Å². The number of benzene rings is 1. The third-order valence-corrected chi connectivity index (χ3v) is 4.27. The summed E-state index contributed by atoms with van der Waals surface area (Å²) in [6, 6.07) is 5.85. The van der Waals surface area contributed by atoms with Gasteiger partial charge in [-0.1, -0.05) is 6.07 Å². The molecule has 0 atom stereocenters. The van der Waals surface area contributed by atoms with Gasteiger partial charge in [0.25, 0.3) is 0 Å². The summed E-state index contributed by atoms with van der Waals surface area (Å²) < 4.78 is 0.899. The molecule has 0 radical (unpaired) electrons. The molecule has 1 aromatic carbocycles. The number of piperazine rings is 1. The summed E-state index contributed by atoms with van der Waals surface area (Å²) in [5.74, 6) is 0.0115. The summed E-state index contributed by atoms with van der Waals surface area (Å²) in [6.07, 6.45) is 1.35. The maximum atomic E-state index is 12.0. The van der Waals surface area contributed by atoms with Gasteiger partial charge in [0, 0.05) is 43.6 Å². The van der Waals surface area contributed by atoms with Crippen LogP contribution >= 0.6 is 15.9 Å². The molecule has 6 heteroatoms. The maximum Gasteiger partial charge on any atom is 0.225 e. The van der Waals surface area contributed by atoms with Crippen LogP contribution in [0.4, 0.5) is 5.69 Å². The van der Waals surface area contributed by atoms with Crippen molar-refractivity contribution in [1.82, 2.24) is 9.80 Å². The largest absolute Gasteiger partial charge is 0.343 e. The number of hydrogen-bond acceptors (Lipinski definition) is 3. The molecule has 0 aliphatic carbocycles. The summed E-state index contributed by atoms with van der Waals surface area (Å²) in [7, 11) is 0. The number of nitrogens with one attached hydrogen (secondary N) is 1. The van der Waals surface area contributed by atoms with Gasteiger partial charge in [-0.2, -0.15) is 0 Å². The van der Waals surface area contributed by atoms with Crippen molar-refractivity contribution >= 4 is 33.9 Å². The molecule has 1 N–H and O–H groups in total. The molecule has 1 aromatic rings. The zero-order chi connectivity index (χ0) is 15.2. The molecule has 114 valence electrons. The molecule has 5 nitrogen and oxygen atoms in total. The van der Waals surface area contributed by atoms with E-state index in [2.05, 4.69) is 26.1 Å². The Morgan fingerprint density at radius 1 is 1.33 bits per heavy atom. The van der Waals surface area contributed by atoms with Gasteiger partial charge in [-0.3, -0.25) is 14.5 Å². The standard InChI is InChI=1S/C15H20BrN3O2/c1-12-2-3-14(13(16)10-12)17-15(21)4-5-18-6-8-19(11-20)9-7-18/h2-3,10-11H,4-9H2,1H3,(H,17,21). The highest BCUT2D eigenvalue weighted by Gasteiger charge is 2.16. The first kappa shape index (κ1) is 16.0. The molecule has 1 fully saturated rings. The van der Waals surface area contributed by atoms with Crippen LogP contribution in [0.2, 0.25) is 0 Å². The Hall–Kier alpha value is -1.40. The quantitative estimate of drug-likeness (QED) is 0.822. The van der Waals surface area contributed by atoms with Gasteiger partial charge in [0.15, 0.2) is 0 Å². The highest BCUT2D eigenvalue weighted by atomic mass is 79.9. The average Bonchev–Trinajstić information content (AvgIpc) is 2.48. The number of amides is 2. The van der Waals surface area contributed by atoms with E-state index >= 15 is 0 Å². The molecule has 2 amide bonds. The molecule has 21 heavy (non-hydrogen) atoms. The normalized spacial score (nSPS) is 15.8. The van der Waals surface area contributed by atoms with E-state index in [-0.39, 0.29) is 5.91 Å². The van der Waals surface area contributed by atoms with Gasteiger partial charge in [0.2, 0.25) is 12.3 Å². The molecule has 0 bridgehead atoms. The number of halogens is 1. The molecule has 1 aliphatic heterocycles. The van der Waals surface area contributed by atoms with Gasteiger partial charge in [0.05, 0.1) is 5.69 Å². The van der Waals surface area contributed by atoms with E-state index in [1.54, 1.807) is 4.90 Å². The fraction of sp³-hybridized carbons (Fsp3) is 0.467. The van der Waals surface area contributed by atoms with E-state index in [4.69, 9.17) is 0 Å². The van der Waals surface area contributed by atoms with E-state index < -0.39 is 0 Å². The molecule has 1 aliphatic rings. The SMILES string of the molecule is Cc1ccc(NC(=O)CCN2CCN(C=O)CC2)c(Br)c1. The van der Waals surface area contributed by atoms with Gasteiger partial charge >= 0.3 is 0 Å². The molecule has 0 aromatic heterocycles. The lowest BCUT2D eigenvalue weighted by Gasteiger charge is -2.32. The summed E-state index contributed by atoms with van der Waals surface area (Å²) in [4.78, 5) is 26.6. The van der Waals surface area contributed by atoms with Crippen molar-refractivity contribution in [1.29, 1.82) is 0 Å². The second-order valence-corrected chi connectivity index (χ2v) is 6.12. The third-order valence-electron chi connectivity index (χ3n) is 3.61. The van der Waals surface area contributed by atoms with Crippen LogP contribution in [-0.2, 0) is 9.59 Å². The average molecular weight is 354 g/mol. The van der Waals surface area contributed by atoms with Crippen LogP contribution in [0.5, 0.6) is 0 Å². The van der Waals surface area contributed by atoms with Gasteiger partial charge in [-0.15, -0.1) is 0 Å². The highest BCUT2D eigenvalue weighted by molar-refractivity contribution is 9.10. The topological polar surface area (TPSA) is 52.7 Å². The molecule has 0 spiro atoms. The zero-order valence-electron chi connectivity index (χ0n) is 12.1. The van der Waals surface area contributed by atoms with Crippen molar-refractivity contribution in [3.8, 4) is 0 Å². The number of carbonyl (C=O) groups excluding carboxylic acids is 2. The number of nitrogens with zero attached hydrogens (tertiary/aromatic N) is 2. The van der Waals surface area contributed by atoms with Gasteiger partial charge in [0.1, 0.15) is 0 Å². The summed E-state index contributed by atoms with van der Waals surface area (Å²) in [6.45, 7) is 5.89. The highest BCUT2D eigenvalue weighted by Crippen LogP contribution is 2.23. The number of hydrogen-bond donors (Lipinski definition) is 1. The minimum atomic E-state index is 0.0115. The molecule has 0 unspecified atom stereocenters. The lowest BCUT2D eigenvalue weighted by atomic mass is 10.2. The Kier molecular flexibility index (Phi) is 5.76. The second kappa shape index (κ2) is 7.56. The van der Waals surface area contributed by atoms with Crippen molar-refractivity contribution < 1.29 is 9.59 Å². The second-order valence-electron chi connectivity index (χ2n) is 5.26. The van der Waals surface area contributed by atoms with Crippen LogP contribution in [-0.4, -0.2) is 54.8 Å². The Bertz CT molecular complexity index is 514. The zero-order valence-corrected chi connectivity index (χ0v) is 13.7. The fourth-order valence-electron chi connectivity index (χ4n) is 2.29. The lowest BCUT2D eigenvalue weighted by molar-refractivity contribution is -0.120. The minimum absolute atomic E-state index is 0.0115. The van der Waals surface area contributed by atoms with Gasteiger partial charge in [-0.25, -0.2) is 0 Å². The summed E-state index contributed by atoms with van der Waals surface area (Å²) in [5, 5.41) is 2.92. The predicted molar refractivity (Wildman–Crippen MR) is 86.2 cm³/mol. The van der Waals surface area contributed by atoms with E-state index in [1.165, 1.54) is 0 Å². The fourth-order valence-corrected chi connectivity index (χ4v) is 2.88. The van der Waals surface area contributed by atoms with E-state index in [0.29, 0.717) is 6.42 Å². The first-order valence-electron chi connectivity index (χ1n) is 7.06. The Morgan fingerprint density at radius 2 is 2.05 bits per heavy atom. The molecule has 1 heterocycles.